The quantitative estimate of drug-likeness (QED) is 0.215. The van der Waals surface area contributed by atoms with Crippen LogP contribution in [-0.4, -0.2) is 0 Å². The van der Waals surface area contributed by atoms with Crippen molar-refractivity contribution < 1.29 is 8.83 Å². The zero-order chi connectivity index (χ0) is 32.5. The molecule has 2 heterocycles. The molecule has 1 N–H and O–H groups in total. The first-order chi connectivity index (χ1) is 22.6. The molecule has 47 heavy (non-hydrogen) atoms. The second kappa shape index (κ2) is 10.6. The molecule has 0 fully saturated rings. The van der Waals surface area contributed by atoms with Crippen LogP contribution in [0.4, 0.5) is 11.4 Å². The molecule has 6 aromatic carbocycles. The van der Waals surface area contributed by atoms with Gasteiger partial charge in [-0.3, -0.25) is 0 Å². The van der Waals surface area contributed by atoms with Gasteiger partial charge in [-0.15, -0.1) is 0 Å². The third kappa shape index (κ3) is 4.98. The average Bonchev–Trinajstić information content (AvgIpc) is 3.63. The Hall–Kier alpha value is -5.28. The molecule has 0 saturated carbocycles. The highest BCUT2D eigenvalue weighted by Gasteiger charge is 2.23. The van der Waals surface area contributed by atoms with Crippen LogP contribution >= 0.6 is 0 Å². The average molecular weight is 614 g/mol. The normalized spacial score (nSPS) is 12.5. The summed E-state index contributed by atoms with van der Waals surface area (Å²) >= 11 is 0. The van der Waals surface area contributed by atoms with Crippen molar-refractivity contribution in [3.05, 3.63) is 132 Å². The number of furan rings is 2. The van der Waals surface area contributed by atoms with Gasteiger partial charge in [0.15, 0.2) is 0 Å². The topological polar surface area (TPSA) is 38.3 Å². The number of rotatable bonds is 4. The minimum absolute atomic E-state index is 0.00398. The molecule has 3 nitrogen and oxygen atoms in total. The number of benzene rings is 6. The van der Waals surface area contributed by atoms with Gasteiger partial charge in [-0.2, -0.15) is 0 Å². The zero-order valence-electron chi connectivity index (χ0n) is 27.9. The van der Waals surface area contributed by atoms with Crippen LogP contribution in [0.2, 0.25) is 0 Å². The predicted octanol–water partition coefficient (Wildman–Crippen LogP) is 13.2. The molecule has 0 radical (unpaired) electrons. The molecule has 8 rings (SSSR count). The molecule has 8 aromatic rings. The number of para-hydroxylation sites is 4. The highest BCUT2D eigenvalue weighted by atomic mass is 16.3. The number of hydrogen-bond donors (Lipinski definition) is 1. The summed E-state index contributed by atoms with van der Waals surface area (Å²) in [5.41, 5.74) is 12.8. The lowest BCUT2D eigenvalue weighted by molar-refractivity contribution is 0.572. The van der Waals surface area contributed by atoms with E-state index in [9.17, 15) is 0 Å². The predicted molar refractivity (Wildman–Crippen MR) is 199 cm³/mol. The number of fused-ring (bicyclic) bond motifs is 6. The summed E-state index contributed by atoms with van der Waals surface area (Å²) in [5.74, 6) is 0. The van der Waals surface area contributed by atoms with Crippen molar-refractivity contribution in [2.75, 3.05) is 5.32 Å². The Balaban J connectivity index is 1.08. The Bertz CT molecular complexity index is 2250. The molecule has 0 aliphatic heterocycles. The van der Waals surface area contributed by atoms with E-state index in [-0.39, 0.29) is 10.8 Å². The van der Waals surface area contributed by atoms with Crippen molar-refractivity contribution in [2.24, 2.45) is 0 Å². The Morgan fingerprint density at radius 1 is 0.383 bits per heavy atom. The molecular weight excluding hydrogens is 574 g/mol. The van der Waals surface area contributed by atoms with E-state index in [2.05, 4.69) is 168 Å². The monoisotopic (exact) mass is 613 g/mol. The molecule has 3 heteroatoms. The summed E-state index contributed by atoms with van der Waals surface area (Å²) in [6.45, 7) is 13.4. The van der Waals surface area contributed by atoms with Crippen molar-refractivity contribution >= 4 is 55.3 Å². The van der Waals surface area contributed by atoms with Gasteiger partial charge in [0.25, 0.3) is 0 Å². The molecule has 0 unspecified atom stereocenters. The molecule has 0 spiro atoms. The van der Waals surface area contributed by atoms with Crippen LogP contribution in [-0.2, 0) is 10.8 Å². The highest BCUT2D eigenvalue weighted by molar-refractivity contribution is 6.11. The SMILES string of the molecule is CC(C)(C)c1cccc2c1oc1c(-c3ccc(Nc4ccc(-c5cccc6c5oc5c(C(C)(C)C)cccc56)cc4)cc3)cccc12. The lowest BCUT2D eigenvalue weighted by Gasteiger charge is -2.18. The highest BCUT2D eigenvalue weighted by Crippen LogP contribution is 2.42. The Kier molecular flexibility index (Phi) is 6.59. The lowest BCUT2D eigenvalue weighted by atomic mass is 9.86. The minimum atomic E-state index is -0.00398. The van der Waals surface area contributed by atoms with Gasteiger partial charge in [0.2, 0.25) is 0 Å². The molecule has 2 aromatic heterocycles. The van der Waals surface area contributed by atoms with E-state index in [1.165, 1.54) is 21.9 Å². The number of hydrogen-bond acceptors (Lipinski definition) is 3. The van der Waals surface area contributed by atoms with Crippen LogP contribution in [0.5, 0.6) is 0 Å². The van der Waals surface area contributed by atoms with E-state index in [1.807, 2.05) is 0 Å². The number of anilines is 2. The van der Waals surface area contributed by atoms with Crippen molar-refractivity contribution in [2.45, 2.75) is 52.4 Å². The van der Waals surface area contributed by atoms with Crippen LogP contribution in [0.25, 0.3) is 66.1 Å². The van der Waals surface area contributed by atoms with E-state index in [0.717, 1.165) is 66.7 Å². The zero-order valence-corrected chi connectivity index (χ0v) is 27.9. The maximum absolute atomic E-state index is 6.61. The van der Waals surface area contributed by atoms with Gasteiger partial charge in [-0.1, -0.05) is 139 Å². The van der Waals surface area contributed by atoms with Gasteiger partial charge in [0.05, 0.1) is 0 Å². The van der Waals surface area contributed by atoms with Gasteiger partial charge < -0.3 is 14.2 Å². The lowest BCUT2D eigenvalue weighted by Crippen LogP contribution is -2.10. The fourth-order valence-electron chi connectivity index (χ4n) is 6.91. The minimum Gasteiger partial charge on any atom is -0.455 e. The maximum Gasteiger partial charge on any atom is 0.143 e. The first-order valence-electron chi connectivity index (χ1n) is 16.4. The van der Waals surface area contributed by atoms with Crippen LogP contribution in [0.1, 0.15) is 52.7 Å². The van der Waals surface area contributed by atoms with Gasteiger partial charge >= 0.3 is 0 Å². The largest absolute Gasteiger partial charge is 0.455 e. The van der Waals surface area contributed by atoms with Crippen LogP contribution in [0.3, 0.4) is 0 Å². The van der Waals surface area contributed by atoms with E-state index in [4.69, 9.17) is 8.83 Å². The van der Waals surface area contributed by atoms with Gasteiger partial charge in [0, 0.05) is 55.2 Å². The fraction of sp³-hybridized carbons (Fsp3) is 0.182. The van der Waals surface area contributed by atoms with Crippen LogP contribution in [0.15, 0.2) is 130 Å². The first kappa shape index (κ1) is 29.1. The summed E-state index contributed by atoms with van der Waals surface area (Å²) < 4.78 is 13.2. The van der Waals surface area contributed by atoms with Crippen LogP contribution < -0.4 is 5.32 Å². The van der Waals surface area contributed by atoms with E-state index in [1.54, 1.807) is 0 Å². The summed E-state index contributed by atoms with van der Waals surface area (Å²) in [7, 11) is 0. The van der Waals surface area contributed by atoms with E-state index in [0.29, 0.717) is 0 Å². The Morgan fingerprint density at radius 2 is 0.723 bits per heavy atom. The fourth-order valence-corrected chi connectivity index (χ4v) is 6.91. The van der Waals surface area contributed by atoms with E-state index >= 15 is 0 Å². The van der Waals surface area contributed by atoms with Crippen molar-refractivity contribution in [3.8, 4) is 22.3 Å². The third-order valence-electron chi connectivity index (χ3n) is 9.35. The van der Waals surface area contributed by atoms with Gasteiger partial charge in [-0.25, -0.2) is 0 Å². The molecule has 0 saturated heterocycles. The van der Waals surface area contributed by atoms with Gasteiger partial charge in [-0.05, 0) is 46.2 Å². The second-order valence-corrected chi connectivity index (χ2v) is 14.7. The van der Waals surface area contributed by atoms with E-state index < -0.39 is 0 Å². The standard InChI is InChI=1S/C44H39NO2/c1-43(2,3)37-17-9-15-35-33-13-7-11-31(39(33)46-41(35)37)27-19-23-29(24-20-27)45-30-25-21-28(22-26-30)32-12-8-14-34-36-16-10-18-38(44(4,5)6)42(36)47-40(32)34/h7-26,45H,1-6H3. The number of nitrogens with one attached hydrogen (secondary N) is 1. The summed E-state index contributed by atoms with van der Waals surface area (Å²) in [5, 5.41) is 8.22. The molecule has 0 bridgehead atoms. The molecule has 0 amide bonds. The van der Waals surface area contributed by atoms with Crippen molar-refractivity contribution in [1.82, 2.24) is 0 Å². The van der Waals surface area contributed by atoms with Gasteiger partial charge in [0.1, 0.15) is 22.3 Å². The molecule has 232 valence electrons. The molecular formula is C44H39NO2. The molecule has 0 aliphatic rings. The van der Waals surface area contributed by atoms with Crippen molar-refractivity contribution in [1.29, 1.82) is 0 Å². The summed E-state index contributed by atoms with van der Waals surface area (Å²) in [6.07, 6.45) is 0. The maximum atomic E-state index is 6.61. The third-order valence-corrected chi connectivity index (χ3v) is 9.35. The Morgan fingerprint density at radius 3 is 1.09 bits per heavy atom. The molecule has 0 aliphatic carbocycles. The summed E-state index contributed by atoms with van der Waals surface area (Å²) in [6, 6.07) is 43.0. The summed E-state index contributed by atoms with van der Waals surface area (Å²) in [4.78, 5) is 0. The smallest absolute Gasteiger partial charge is 0.143 e. The molecule has 0 atom stereocenters. The second-order valence-electron chi connectivity index (χ2n) is 14.7. The first-order valence-corrected chi connectivity index (χ1v) is 16.4. The Labute approximate surface area is 275 Å². The van der Waals surface area contributed by atoms with Crippen molar-refractivity contribution in [3.63, 3.8) is 0 Å². The van der Waals surface area contributed by atoms with Crippen LogP contribution in [0, 0.1) is 0 Å².